The number of nitrogens with one attached hydrogen (secondary N) is 2. The van der Waals surface area contributed by atoms with Crippen LogP contribution in [0.4, 0.5) is 11.5 Å². The minimum atomic E-state index is -0.133. The largest absolute Gasteiger partial charge is 0.384 e. The number of nitrogens with two attached hydrogens (primary N) is 1. The number of nitrogens with zero attached hydrogens (tertiary/aromatic N) is 1. The number of rotatable bonds is 6. The number of nitrogen functional groups attached to an aromatic ring is 1. The van der Waals surface area contributed by atoms with Crippen LogP contribution < -0.4 is 16.4 Å². The first kappa shape index (κ1) is 14.0. The van der Waals surface area contributed by atoms with E-state index in [2.05, 4.69) is 15.6 Å². The predicted molar refractivity (Wildman–Crippen MR) is 69.8 cm³/mol. The molecule has 0 radical (unpaired) electrons. The van der Waals surface area contributed by atoms with Crippen molar-refractivity contribution in [3.8, 4) is 0 Å². The highest BCUT2D eigenvalue weighted by molar-refractivity contribution is 5.90. The fourth-order valence-electron chi connectivity index (χ4n) is 1.40. The molecule has 2 amide bonds. The smallest absolute Gasteiger partial charge is 0.224 e. The molecule has 4 N–H and O–H groups in total. The molecule has 0 saturated carbocycles. The average Bonchev–Trinajstić information content (AvgIpc) is 2.32. The Balaban J connectivity index is 2.25. The number of amides is 2. The molecule has 0 unspecified atom stereocenters. The third kappa shape index (κ3) is 5.29. The lowest BCUT2D eigenvalue weighted by molar-refractivity contribution is -0.121. The molecule has 0 aliphatic carbocycles. The van der Waals surface area contributed by atoms with Crippen molar-refractivity contribution in [1.82, 2.24) is 10.3 Å². The van der Waals surface area contributed by atoms with Gasteiger partial charge in [0.15, 0.2) is 0 Å². The second-order valence-corrected chi connectivity index (χ2v) is 3.83. The summed E-state index contributed by atoms with van der Waals surface area (Å²) in [5, 5.41) is 5.37. The first-order chi connectivity index (χ1) is 8.61. The summed E-state index contributed by atoms with van der Waals surface area (Å²) >= 11 is 0. The Morgan fingerprint density at radius 3 is 2.61 bits per heavy atom. The van der Waals surface area contributed by atoms with Crippen LogP contribution in [0.1, 0.15) is 26.2 Å². The fourth-order valence-corrected chi connectivity index (χ4v) is 1.40. The molecule has 0 bridgehead atoms. The zero-order valence-corrected chi connectivity index (χ0v) is 10.4. The number of carbonyl (C=O) groups is 2. The van der Waals surface area contributed by atoms with E-state index >= 15 is 0 Å². The minimum absolute atomic E-state index is 0.0283. The Bertz CT molecular complexity index is 403. The third-order valence-electron chi connectivity index (χ3n) is 2.25. The van der Waals surface area contributed by atoms with Gasteiger partial charge in [0, 0.05) is 19.4 Å². The maximum atomic E-state index is 11.5. The number of aromatic nitrogens is 1. The van der Waals surface area contributed by atoms with Crippen LogP contribution in [0, 0.1) is 0 Å². The molecule has 1 aromatic heterocycles. The lowest BCUT2D eigenvalue weighted by Crippen LogP contribution is -2.22. The maximum Gasteiger partial charge on any atom is 0.224 e. The Labute approximate surface area is 106 Å². The topological polar surface area (TPSA) is 97.1 Å². The third-order valence-corrected chi connectivity index (χ3v) is 2.25. The first-order valence-electron chi connectivity index (χ1n) is 5.90. The highest BCUT2D eigenvalue weighted by Gasteiger charge is 2.05. The molecule has 0 aromatic carbocycles. The Kier molecular flexibility index (Phi) is 5.63. The zero-order valence-electron chi connectivity index (χ0n) is 10.4. The van der Waals surface area contributed by atoms with E-state index in [0.29, 0.717) is 37.3 Å². The molecular weight excluding hydrogens is 232 g/mol. The summed E-state index contributed by atoms with van der Waals surface area (Å²) in [5.41, 5.74) is 6.04. The summed E-state index contributed by atoms with van der Waals surface area (Å²) in [4.78, 5) is 26.6. The van der Waals surface area contributed by atoms with Crippen molar-refractivity contribution >= 4 is 23.3 Å². The van der Waals surface area contributed by atoms with E-state index in [1.165, 1.54) is 6.20 Å². The molecule has 0 spiro atoms. The molecule has 18 heavy (non-hydrogen) atoms. The van der Waals surface area contributed by atoms with Gasteiger partial charge in [-0.05, 0) is 25.5 Å². The highest BCUT2D eigenvalue weighted by Crippen LogP contribution is 2.08. The van der Waals surface area contributed by atoms with Gasteiger partial charge in [-0.25, -0.2) is 4.98 Å². The van der Waals surface area contributed by atoms with E-state index in [1.54, 1.807) is 12.1 Å². The molecule has 1 rings (SSSR count). The Morgan fingerprint density at radius 2 is 2.00 bits per heavy atom. The molecule has 6 nitrogen and oxygen atoms in total. The van der Waals surface area contributed by atoms with Crippen LogP contribution in [-0.2, 0) is 9.59 Å². The highest BCUT2D eigenvalue weighted by atomic mass is 16.2. The van der Waals surface area contributed by atoms with E-state index in [9.17, 15) is 9.59 Å². The van der Waals surface area contributed by atoms with Gasteiger partial charge in [-0.2, -0.15) is 0 Å². The normalized spacial score (nSPS) is 9.83. The monoisotopic (exact) mass is 250 g/mol. The molecule has 0 atom stereocenters. The van der Waals surface area contributed by atoms with E-state index < -0.39 is 0 Å². The van der Waals surface area contributed by atoms with E-state index in [1.807, 2.05) is 6.92 Å². The number of carbonyl (C=O) groups excluding carboxylic acids is 2. The quantitative estimate of drug-likeness (QED) is 0.699. The van der Waals surface area contributed by atoms with Crippen molar-refractivity contribution in [2.75, 3.05) is 17.6 Å². The number of hydrogen-bond donors (Lipinski definition) is 3. The van der Waals surface area contributed by atoms with Crippen LogP contribution in [0.2, 0.25) is 0 Å². The fraction of sp³-hybridized carbons (Fsp3) is 0.417. The average molecular weight is 250 g/mol. The van der Waals surface area contributed by atoms with Crippen LogP contribution in [0.3, 0.4) is 0 Å². The van der Waals surface area contributed by atoms with Crippen LogP contribution >= 0.6 is 0 Å². The number of hydrogen-bond acceptors (Lipinski definition) is 4. The van der Waals surface area contributed by atoms with Crippen LogP contribution in [-0.4, -0.2) is 23.3 Å². The van der Waals surface area contributed by atoms with Crippen molar-refractivity contribution in [3.63, 3.8) is 0 Å². The van der Waals surface area contributed by atoms with Gasteiger partial charge in [0.25, 0.3) is 0 Å². The summed E-state index contributed by atoms with van der Waals surface area (Å²) in [5.74, 6) is 0.245. The van der Waals surface area contributed by atoms with Gasteiger partial charge in [-0.1, -0.05) is 0 Å². The van der Waals surface area contributed by atoms with Crippen molar-refractivity contribution in [2.24, 2.45) is 0 Å². The molecule has 6 heteroatoms. The van der Waals surface area contributed by atoms with Crippen molar-refractivity contribution in [1.29, 1.82) is 0 Å². The van der Waals surface area contributed by atoms with E-state index in [0.717, 1.165) is 0 Å². The Hall–Kier alpha value is -2.11. The van der Waals surface area contributed by atoms with Gasteiger partial charge >= 0.3 is 0 Å². The van der Waals surface area contributed by atoms with E-state index in [-0.39, 0.29) is 11.8 Å². The van der Waals surface area contributed by atoms with Gasteiger partial charge in [-0.3, -0.25) is 9.59 Å². The van der Waals surface area contributed by atoms with Gasteiger partial charge in [0.1, 0.15) is 5.82 Å². The summed E-state index contributed by atoms with van der Waals surface area (Å²) < 4.78 is 0. The van der Waals surface area contributed by atoms with Crippen molar-refractivity contribution < 1.29 is 9.59 Å². The predicted octanol–water partition coefficient (Wildman–Crippen LogP) is 0.909. The van der Waals surface area contributed by atoms with Gasteiger partial charge in [-0.15, -0.1) is 0 Å². The minimum Gasteiger partial charge on any atom is -0.384 e. The summed E-state index contributed by atoms with van der Waals surface area (Å²) in [6, 6.07) is 3.30. The molecule has 98 valence electrons. The Morgan fingerprint density at radius 1 is 1.28 bits per heavy atom. The standard InChI is InChI=1S/C12H18N4O2/c1-2-14-11(17)4-3-5-12(18)16-9-6-7-10(13)15-8-9/h6-8H,2-5H2,1H3,(H2,13,15)(H,14,17)(H,16,18). The van der Waals surface area contributed by atoms with Gasteiger partial charge < -0.3 is 16.4 Å². The lowest BCUT2D eigenvalue weighted by atomic mass is 10.2. The molecular formula is C12H18N4O2. The van der Waals surface area contributed by atoms with Gasteiger partial charge in [0.2, 0.25) is 11.8 Å². The maximum absolute atomic E-state index is 11.5. The van der Waals surface area contributed by atoms with Crippen molar-refractivity contribution in [3.05, 3.63) is 18.3 Å². The van der Waals surface area contributed by atoms with Gasteiger partial charge in [0.05, 0.1) is 11.9 Å². The summed E-state index contributed by atoms with van der Waals surface area (Å²) in [6.07, 6.45) is 2.69. The van der Waals surface area contributed by atoms with E-state index in [4.69, 9.17) is 5.73 Å². The summed E-state index contributed by atoms with van der Waals surface area (Å²) in [6.45, 7) is 2.47. The van der Waals surface area contributed by atoms with Crippen LogP contribution in [0.15, 0.2) is 18.3 Å². The molecule has 1 heterocycles. The summed E-state index contributed by atoms with van der Waals surface area (Å²) in [7, 11) is 0. The zero-order chi connectivity index (χ0) is 13.4. The molecule has 0 aliphatic rings. The van der Waals surface area contributed by atoms with Crippen LogP contribution in [0.5, 0.6) is 0 Å². The lowest BCUT2D eigenvalue weighted by Gasteiger charge is -2.05. The molecule has 0 saturated heterocycles. The number of anilines is 2. The van der Waals surface area contributed by atoms with Crippen LogP contribution in [0.25, 0.3) is 0 Å². The number of pyridine rings is 1. The second kappa shape index (κ2) is 7.26. The molecule has 1 aromatic rings. The molecule has 0 fully saturated rings. The van der Waals surface area contributed by atoms with Crippen molar-refractivity contribution in [2.45, 2.75) is 26.2 Å². The second-order valence-electron chi connectivity index (χ2n) is 3.83. The first-order valence-corrected chi connectivity index (χ1v) is 5.90. The SMILES string of the molecule is CCNC(=O)CCCC(=O)Nc1ccc(N)nc1. The molecule has 0 aliphatic heterocycles.